The summed E-state index contributed by atoms with van der Waals surface area (Å²) in [6.07, 6.45) is 1.30. The molecule has 0 aliphatic carbocycles. The van der Waals surface area contributed by atoms with E-state index in [-0.39, 0.29) is 5.88 Å². The molecule has 0 aliphatic rings. The van der Waals surface area contributed by atoms with Gasteiger partial charge in [0.2, 0.25) is 5.88 Å². The molecule has 0 unspecified atom stereocenters. The summed E-state index contributed by atoms with van der Waals surface area (Å²) in [4.78, 5) is 3.25. The van der Waals surface area contributed by atoms with E-state index in [9.17, 15) is 0 Å². The van der Waals surface area contributed by atoms with Gasteiger partial charge in [-0.1, -0.05) is 0 Å². The molecule has 0 rings (SSSR count). The van der Waals surface area contributed by atoms with Gasteiger partial charge in [-0.15, -0.1) is 0 Å². The molecule has 9 heavy (non-hydrogen) atoms. The van der Waals surface area contributed by atoms with Crippen molar-refractivity contribution in [3.05, 3.63) is 11.5 Å². The first-order valence-corrected chi connectivity index (χ1v) is 2.32. The van der Waals surface area contributed by atoms with Crippen LogP contribution in [0, 0.1) is 0 Å². The molecule has 0 aromatic rings. The monoisotopic (exact) mass is 127 g/mol. The van der Waals surface area contributed by atoms with Gasteiger partial charge in [-0.2, -0.15) is 5.10 Å². The van der Waals surface area contributed by atoms with E-state index in [2.05, 4.69) is 16.8 Å². The van der Waals surface area contributed by atoms with E-state index >= 15 is 0 Å². The van der Waals surface area contributed by atoms with E-state index < -0.39 is 0 Å². The number of rotatable bonds is 2. The summed E-state index contributed by atoms with van der Waals surface area (Å²) >= 11 is 0. The van der Waals surface area contributed by atoms with E-state index in [0.717, 1.165) is 0 Å². The number of aliphatic imine (C=N–C) groups is 1. The van der Waals surface area contributed by atoms with Crippen LogP contribution in [0.5, 0.6) is 0 Å². The van der Waals surface area contributed by atoms with Gasteiger partial charge < -0.3 is 10.9 Å². The number of nitrogens with two attached hydrogens (primary N) is 1. The highest BCUT2D eigenvalue weighted by Gasteiger charge is 1.90. The number of hydrogen-bond donors (Lipinski definition) is 2. The summed E-state index contributed by atoms with van der Waals surface area (Å²) in [7, 11) is 0. The smallest absolute Gasteiger partial charge is 0.214 e. The van der Waals surface area contributed by atoms with Crippen molar-refractivity contribution in [1.82, 2.24) is 0 Å². The topological polar surface area (TPSA) is 71.0 Å². The SMILES string of the molecule is C=NC(O)=C(C)C=NN. The van der Waals surface area contributed by atoms with Crippen molar-refractivity contribution >= 4 is 12.9 Å². The highest BCUT2D eigenvalue weighted by atomic mass is 16.3. The fraction of sp³-hybridized carbons (Fsp3) is 0.200. The fourth-order valence-electron chi connectivity index (χ4n) is 0.294. The van der Waals surface area contributed by atoms with Gasteiger partial charge in [0.1, 0.15) is 0 Å². The molecule has 0 fully saturated rings. The van der Waals surface area contributed by atoms with Gasteiger partial charge >= 0.3 is 0 Å². The number of allylic oxidation sites excluding steroid dienone is 1. The molecule has 0 aromatic heterocycles. The molecule has 0 aliphatic heterocycles. The molecule has 0 bridgehead atoms. The zero-order valence-corrected chi connectivity index (χ0v) is 5.20. The molecule has 0 atom stereocenters. The lowest BCUT2D eigenvalue weighted by molar-refractivity contribution is 0.404. The quantitative estimate of drug-likeness (QED) is 0.244. The Bertz CT molecular complexity index is 160. The van der Waals surface area contributed by atoms with E-state index in [1.165, 1.54) is 6.21 Å². The molecular formula is C5H9N3O. The van der Waals surface area contributed by atoms with Crippen LogP contribution in [0.3, 0.4) is 0 Å². The molecule has 4 nitrogen and oxygen atoms in total. The summed E-state index contributed by atoms with van der Waals surface area (Å²) in [5, 5.41) is 11.9. The van der Waals surface area contributed by atoms with Crippen molar-refractivity contribution < 1.29 is 5.11 Å². The lowest BCUT2D eigenvalue weighted by Gasteiger charge is -1.90. The predicted molar refractivity (Wildman–Crippen MR) is 37.6 cm³/mol. The van der Waals surface area contributed by atoms with Gasteiger partial charge in [0.15, 0.2) is 0 Å². The van der Waals surface area contributed by atoms with Gasteiger partial charge in [0, 0.05) is 5.57 Å². The summed E-state index contributed by atoms with van der Waals surface area (Å²) in [6.45, 7) is 4.73. The van der Waals surface area contributed by atoms with Gasteiger partial charge in [-0.05, 0) is 13.6 Å². The Morgan fingerprint density at radius 2 is 2.33 bits per heavy atom. The maximum atomic E-state index is 8.76. The summed E-state index contributed by atoms with van der Waals surface area (Å²) in [5.74, 6) is 4.64. The Balaban J connectivity index is 4.27. The minimum atomic E-state index is -0.149. The standard InChI is InChI=1S/C5H9N3O/c1-4(3-8-6)5(9)7-2/h3,9H,2,6H2,1H3. The average Bonchev–Trinajstić information content (AvgIpc) is 1.87. The number of hydrogen-bond acceptors (Lipinski definition) is 4. The lowest BCUT2D eigenvalue weighted by Crippen LogP contribution is -1.88. The third-order valence-corrected chi connectivity index (χ3v) is 0.771. The van der Waals surface area contributed by atoms with Gasteiger partial charge in [0.25, 0.3) is 0 Å². The lowest BCUT2D eigenvalue weighted by atomic mass is 10.3. The van der Waals surface area contributed by atoms with Crippen LogP contribution in [-0.4, -0.2) is 18.0 Å². The third-order valence-electron chi connectivity index (χ3n) is 0.771. The molecule has 0 saturated heterocycles. The van der Waals surface area contributed by atoms with Crippen molar-refractivity contribution in [1.29, 1.82) is 0 Å². The highest BCUT2D eigenvalue weighted by Crippen LogP contribution is 1.96. The highest BCUT2D eigenvalue weighted by molar-refractivity contribution is 5.78. The normalized spacial score (nSPS) is 13.4. The van der Waals surface area contributed by atoms with Crippen LogP contribution in [0.4, 0.5) is 0 Å². The van der Waals surface area contributed by atoms with Crippen LogP contribution in [0.1, 0.15) is 6.92 Å². The van der Waals surface area contributed by atoms with Gasteiger partial charge in [0.05, 0.1) is 6.21 Å². The van der Waals surface area contributed by atoms with E-state index in [1.54, 1.807) is 6.92 Å². The molecule has 0 amide bonds. The van der Waals surface area contributed by atoms with Crippen molar-refractivity contribution in [2.24, 2.45) is 15.9 Å². The predicted octanol–water partition coefficient (Wildman–Crippen LogP) is 0.421. The van der Waals surface area contributed by atoms with E-state index in [4.69, 9.17) is 10.9 Å². The summed E-state index contributed by atoms with van der Waals surface area (Å²) < 4.78 is 0. The third kappa shape index (κ3) is 2.48. The Labute approximate surface area is 53.4 Å². The van der Waals surface area contributed by atoms with Crippen molar-refractivity contribution in [3.63, 3.8) is 0 Å². The molecule has 4 heteroatoms. The molecule has 0 radical (unpaired) electrons. The van der Waals surface area contributed by atoms with Crippen LogP contribution in [0.2, 0.25) is 0 Å². The molecule has 50 valence electrons. The van der Waals surface area contributed by atoms with Crippen LogP contribution in [-0.2, 0) is 0 Å². The fourth-order valence-corrected chi connectivity index (χ4v) is 0.294. The maximum absolute atomic E-state index is 8.76. The second-order valence-electron chi connectivity index (χ2n) is 1.44. The van der Waals surface area contributed by atoms with Crippen LogP contribution in [0.25, 0.3) is 0 Å². The largest absolute Gasteiger partial charge is 0.493 e. The zero-order valence-electron chi connectivity index (χ0n) is 5.20. The molecule has 3 N–H and O–H groups in total. The average molecular weight is 127 g/mol. The Hall–Kier alpha value is -1.32. The molecule has 0 heterocycles. The first-order valence-electron chi connectivity index (χ1n) is 2.32. The first-order chi connectivity index (χ1) is 4.22. The second-order valence-corrected chi connectivity index (χ2v) is 1.44. The van der Waals surface area contributed by atoms with Crippen LogP contribution in [0.15, 0.2) is 21.6 Å². The van der Waals surface area contributed by atoms with Crippen LogP contribution < -0.4 is 5.84 Å². The number of aliphatic hydroxyl groups excluding tert-OH is 1. The van der Waals surface area contributed by atoms with Crippen molar-refractivity contribution in [2.75, 3.05) is 0 Å². The number of hydrazone groups is 1. The number of nitrogens with zero attached hydrogens (tertiary/aromatic N) is 2. The summed E-state index contributed by atoms with van der Waals surface area (Å²) in [5.41, 5.74) is 0.493. The minimum Gasteiger partial charge on any atom is -0.493 e. The molecule has 0 aromatic carbocycles. The molecule has 0 spiro atoms. The minimum absolute atomic E-state index is 0.149. The van der Waals surface area contributed by atoms with Crippen LogP contribution >= 0.6 is 0 Å². The maximum Gasteiger partial charge on any atom is 0.214 e. The van der Waals surface area contributed by atoms with Gasteiger partial charge in [-0.3, -0.25) is 0 Å². The Kier molecular flexibility index (Phi) is 3.12. The molecule has 0 saturated carbocycles. The van der Waals surface area contributed by atoms with E-state index in [1.807, 2.05) is 0 Å². The number of aliphatic hydroxyl groups is 1. The second kappa shape index (κ2) is 3.65. The van der Waals surface area contributed by atoms with E-state index in [0.29, 0.717) is 5.57 Å². The summed E-state index contributed by atoms with van der Waals surface area (Å²) in [6, 6.07) is 0. The van der Waals surface area contributed by atoms with Crippen molar-refractivity contribution in [3.8, 4) is 0 Å². The first kappa shape index (κ1) is 7.68. The zero-order chi connectivity index (χ0) is 7.28. The van der Waals surface area contributed by atoms with Crippen molar-refractivity contribution in [2.45, 2.75) is 6.92 Å². The Morgan fingerprint density at radius 1 is 1.78 bits per heavy atom. The Morgan fingerprint density at radius 3 is 2.67 bits per heavy atom. The molecular weight excluding hydrogens is 118 g/mol. The van der Waals surface area contributed by atoms with Gasteiger partial charge in [-0.25, -0.2) is 4.99 Å².